The zero-order valence-corrected chi connectivity index (χ0v) is 20.1. The van der Waals surface area contributed by atoms with Crippen LogP contribution < -0.4 is 14.8 Å². The number of nitrogens with zero attached hydrogens (tertiary/aromatic N) is 4. The smallest absolute Gasteiger partial charge is 0.270 e. The number of aliphatic hydroxyl groups excluding tert-OH is 1. The van der Waals surface area contributed by atoms with Crippen LogP contribution in [0.3, 0.4) is 0 Å². The number of aromatic nitrogens is 3. The van der Waals surface area contributed by atoms with E-state index in [1.54, 1.807) is 17.2 Å². The van der Waals surface area contributed by atoms with Crippen LogP contribution in [0.25, 0.3) is 11.3 Å². The van der Waals surface area contributed by atoms with E-state index < -0.39 is 5.82 Å². The van der Waals surface area contributed by atoms with Crippen LogP contribution in [0.4, 0.5) is 16.0 Å². The predicted octanol–water partition coefficient (Wildman–Crippen LogP) is 4.01. The van der Waals surface area contributed by atoms with Gasteiger partial charge in [0, 0.05) is 37.6 Å². The van der Waals surface area contributed by atoms with Crippen molar-refractivity contribution < 1.29 is 23.8 Å². The molecular formula is C27H24FN5O4. The Hall–Kier alpha value is -4.44. The fourth-order valence-electron chi connectivity index (χ4n) is 4.69. The highest BCUT2D eigenvalue weighted by Gasteiger charge is 2.27. The molecule has 2 N–H and O–H groups in total. The second kappa shape index (κ2) is 9.21. The second-order valence-electron chi connectivity index (χ2n) is 8.99. The average molecular weight is 502 g/mol. The van der Waals surface area contributed by atoms with Gasteiger partial charge in [-0.15, -0.1) is 0 Å². The molecule has 2 aliphatic heterocycles. The molecule has 37 heavy (non-hydrogen) atoms. The van der Waals surface area contributed by atoms with E-state index in [0.717, 1.165) is 11.1 Å². The van der Waals surface area contributed by atoms with Crippen molar-refractivity contribution in [3.05, 3.63) is 83.1 Å². The van der Waals surface area contributed by atoms with Crippen molar-refractivity contribution >= 4 is 17.5 Å². The van der Waals surface area contributed by atoms with Gasteiger partial charge in [0.1, 0.15) is 11.5 Å². The fourth-order valence-corrected chi connectivity index (χ4v) is 4.69. The first kappa shape index (κ1) is 23.0. The number of carbonyl (C=O) groups is 1. The molecule has 0 saturated carbocycles. The maximum absolute atomic E-state index is 13.8. The standard InChI is InChI=1S/C27H24FN5O4/c1-16-11-29-27(30-21-3-2-4-23-25(21)37-15-36-23)31-24(16)19-10-22-26(35)33(8-7-32(22)13-19)12-18-9-20(28)6-5-17(18)14-34/h2-6,9-11,13,34H,7-8,12,14-15H2,1H3,(H,29,30,31). The first-order valence-electron chi connectivity index (χ1n) is 11.9. The maximum atomic E-state index is 13.8. The Morgan fingerprint density at radius 1 is 1.14 bits per heavy atom. The van der Waals surface area contributed by atoms with Gasteiger partial charge in [0.25, 0.3) is 5.91 Å². The molecule has 0 bridgehead atoms. The third-order valence-electron chi connectivity index (χ3n) is 6.60. The van der Waals surface area contributed by atoms with Crippen LogP contribution in [0.1, 0.15) is 27.2 Å². The summed E-state index contributed by atoms with van der Waals surface area (Å²) in [6.07, 6.45) is 3.65. The molecule has 0 radical (unpaired) electrons. The van der Waals surface area contributed by atoms with Crippen LogP contribution in [0.2, 0.25) is 0 Å². The number of aliphatic hydroxyl groups is 1. The van der Waals surface area contributed by atoms with E-state index in [1.165, 1.54) is 12.1 Å². The Morgan fingerprint density at radius 2 is 2.03 bits per heavy atom. The van der Waals surface area contributed by atoms with Crippen LogP contribution in [-0.2, 0) is 19.7 Å². The van der Waals surface area contributed by atoms with Gasteiger partial charge in [-0.25, -0.2) is 14.4 Å². The van der Waals surface area contributed by atoms with E-state index >= 15 is 0 Å². The van der Waals surface area contributed by atoms with Crippen LogP contribution in [0.5, 0.6) is 11.5 Å². The highest BCUT2D eigenvalue weighted by Crippen LogP contribution is 2.40. The number of anilines is 2. The molecule has 2 aromatic carbocycles. The van der Waals surface area contributed by atoms with E-state index in [1.807, 2.05) is 42.0 Å². The average Bonchev–Trinajstić information content (AvgIpc) is 3.55. The van der Waals surface area contributed by atoms with Gasteiger partial charge in [0.2, 0.25) is 12.7 Å². The lowest BCUT2D eigenvalue weighted by Crippen LogP contribution is -2.39. The molecule has 0 fully saturated rings. The van der Waals surface area contributed by atoms with E-state index in [0.29, 0.717) is 58.7 Å². The van der Waals surface area contributed by atoms with Crippen molar-refractivity contribution in [2.75, 3.05) is 18.7 Å². The molecule has 0 aliphatic carbocycles. The minimum atomic E-state index is -0.398. The molecule has 0 saturated heterocycles. The minimum absolute atomic E-state index is 0.160. The molecule has 4 heterocycles. The zero-order valence-electron chi connectivity index (χ0n) is 20.1. The van der Waals surface area contributed by atoms with Crippen LogP contribution in [0.15, 0.2) is 54.9 Å². The van der Waals surface area contributed by atoms with Gasteiger partial charge in [-0.2, -0.15) is 0 Å². The molecule has 10 heteroatoms. The molecule has 0 atom stereocenters. The third kappa shape index (κ3) is 4.25. The topological polar surface area (TPSA) is 102 Å². The third-order valence-corrected chi connectivity index (χ3v) is 6.60. The maximum Gasteiger partial charge on any atom is 0.270 e. The number of nitrogens with one attached hydrogen (secondary N) is 1. The monoisotopic (exact) mass is 501 g/mol. The molecule has 9 nitrogen and oxygen atoms in total. The van der Waals surface area contributed by atoms with Crippen molar-refractivity contribution in [1.82, 2.24) is 19.4 Å². The Balaban J connectivity index is 1.27. The molecule has 0 unspecified atom stereocenters. The number of fused-ring (bicyclic) bond motifs is 2. The van der Waals surface area contributed by atoms with Gasteiger partial charge in [-0.05, 0) is 53.9 Å². The lowest BCUT2D eigenvalue weighted by Gasteiger charge is -2.29. The van der Waals surface area contributed by atoms with Crippen molar-refractivity contribution in [2.45, 2.75) is 26.6 Å². The van der Waals surface area contributed by atoms with E-state index in [2.05, 4.69) is 10.3 Å². The van der Waals surface area contributed by atoms with Gasteiger partial charge in [0.05, 0.1) is 18.0 Å². The van der Waals surface area contributed by atoms with Gasteiger partial charge in [0.15, 0.2) is 11.5 Å². The summed E-state index contributed by atoms with van der Waals surface area (Å²) < 4.78 is 26.7. The van der Waals surface area contributed by atoms with Crippen LogP contribution >= 0.6 is 0 Å². The number of ether oxygens (including phenoxy) is 2. The lowest BCUT2D eigenvalue weighted by molar-refractivity contribution is 0.0689. The summed E-state index contributed by atoms with van der Waals surface area (Å²) in [6, 6.07) is 11.6. The highest BCUT2D eigenvalue weighted by molar-refractivity contribution is 5.95. The normalized spacial score (nSPS) is 14.1. The Labute approximate surface area is 212 Å². The molecule has 2 aromatic heterocycles. The number of para-hydroxylation sites is 1. The molecule has 4 aromatic rings. The quantitative estimate of drug-likeness (QED) is 0.412. The van der Waals surface area contributed by atoms with Crippen molar-refractivity contribution in [1.29, 1.82) is 0 Å². The Morgan fingerprint density at radius 3 is 2.89 bits per heavy atom. The molecule has 2 aliphatic rings. The number of carbonyl (C=O) groups excluding carboxylic acids is 1. The summed E-state index contributed by atoms with van der Waals surface area (Å²) in [7, 11) is 0. The minimum Gasteiger partial charge on any atom is -0.454 e. The van der Waals surface area contributed by atoms with Crippen molar-refractivity contribution in [3.8, 4) is 22.8 Å². The van der Waals surface area contributed by atoms with Gasteiger partial charge in [-0.1, -0.05) is 12.1 Å². The first-order chi connectivity index (χ1) is 18.0. The molecule has 188 valence electrons. The number of amides is 1. The number of hydrogen-bond acceptors (Lipinski definition) is 7. The van der Waals surface area contributed by atoms with Gasteiger partial charge in [-0.3, -0.25) is 4.79 Å². The molecule has 1 amide bonds. The van der Waals surface area contributed by atoms with Gasteiger partial charge < -0.3 is 29.4 Å². The fraction of sp³-hybridized carbons (Fsp3) is 0.222. The van der Waals surface area contributed by atoms with Crippen LogP contribution in [-0.4, -0.2) is 43.8 Å². The molecule has 6 rings (SSSR count). The lowest BCUT2D eigenvalue weighted by atomic mass is 10.1. The van der Waals surface area contributed by atoms with E-state index in [4.69, 9.17) is 14.5 Å². The number of hydrogen-bond donors (Lipinski definition) is 2. The van der Waals surface area contributed by atoms with E-state index in [9.17, 15) is 14.3 Å². The first-order valence-corrected chi connectivity index (χ1v) is 11.9. The summed E-state index contributed by atoms with van der Waals surface area (Å²) >= 11 is 0. The molecular weight excluding hydrogens is 477 g/mol. The highest BCUT2D eigenvalue weighted by atomic mass is 19.1. The van der Waals surface area contributed by atoms with Gasteiger partial charge >= 0.3 is 0 Å². The Bertz CT molecular complexity index is 1520. The summed E-state index contributed by atoms with van der Waals surface area (Å²) in [6.45, 7) is 3.15. The summed E-state index contributed by atoms with van der Waals surface area (Å²) in [4.78, 5) is 24.1. The number of aryl methyl sites for hydroxylation is 1. The second-order valence-corrected chi connectivity index (χ2v) is 8.99. The summed E-state index contributed by atoms with van der Waals surface area (Å²) in [5.74, 6) is 1.10. The largest absolute Gasteiger partial charge is 0.454 e. The Kier molecular flexibility index (Phi) is 5.72. The number of rotatable bonds is 6. The SMILES string of the molecule is Cc1cnc(Nc2cccc3c2OCO3)nc1-c1cc2n(c1)CCN(Cc1cc(F)ccc1CO)C2=O. The summed E-state index contributed by atoms with van der Waals surface area (Å²) in [5, 5.41) is 12.8. The summed E-state index contributed by atoms with van der Waals surface area (Å²) in [5.41, 5.74) is 4.80. The van der Waals surface area contributed by atoms with E-state index in [-0.39, 0.29) is 25.9 Å². The molecule has 0 spiro atoms. The number of benzene rings is 2. The van der Waals surface area contributed by atoms with Crippen molar-refractivity contribution in [2.24, 2.45) is 0 Å². The zero-order chi connectivity index (χ0) is 25.5. The number of halogens is 1. The van der Waals surface area contributed by atoms with Crippen molar-refractivity contribution in [3.63, 3.8) is 0 Å². The predicted molar refractivity (Wildman–Crippen MR) is 133 cm³/mol. The van der Waals surface area contributed by atoms with Crippen LogP contribution in [0, 0.1) is 12.7 Å².